The summed E-state index contributed by atoms with van der Waals surface area (Å²) in [5.74, 6) is -0.887. The van der Waals surface area contributed by atoms with Crippen molar-refractivity contribution in [2.45, 2.75) is 26.3 Å². The highest BCUT2D eigenvalue weighted by Gasteiger charge is 2.24. The number of methoxy groups -OCH3 is 1. The molecule has 0 saturated heterocycles. The number of carbonyl (C=O) groups excluding carboxylic acids is 2. The average Bonchev–Trinajstić information content (AvgIpc) is 2.52. The number of ether oxygens (including phenoxy) is 1. The highest BCUT2D eigenvalue weighted by molar-refractivity contribution is 5.94. The minimum Gasteiger partial charge on any atom is -0.467 e. The molecular formula is C15H18N4O3. The molecule has 0 spiro atoms. The Morgan fingerprint density at radius 2 is 1.86 bits per heavy atom. The lowest BCUT2D eigenvalue weighted by Gasteiger charge is -2.17. The molecule has 2 aromatic rings. The summed E-state index contributed by atoms with van der Waals surface area (Å²) in [6, 6.07) is 6.38. The smallest absolute Gasteiger partial charge is 0.328 e. The van der Waals surface area contributed by atoms with Gasteiger partial charge in [0.15, 0.2) is 0 Å². The Hall–Kier alpha value is -2.57. The molecule has 0 bridgehead atoms. The molecule has 0 fully saturated rings. The van der Waals surface area contributed by atoms with Crippen molar-refractivity contribution in [1.29, 1.82) is 0 Å². The van der Waals surface area contributed by atoms with Gasteiger partial charge in [-0.3, -0.25) is 4.79 Å². The molecule has 1 heterocycles. The largest absolute Gasteiger partial charge is 0.467 e. The average molecular weight is 302 g/mol. The second-order valence-electron chi connectivity index (χ2n) is 5.30. The van der Waals surface area contributed by atoms with Crippen molar-refractivity contribution in [3.05, 3.63) is 30.1 Å². The van der Waals surface area contributed by atoms with E-state index in [4.69, 9.17) is 4.74 Å². The van der Waals surface area contributed by atoms with Gasteiger partial charge in [0.25, 0.3) is 5.91 Å². The van der Waals surface area contributed by atoms with Crippen molar-refractivity contribution in [2.24, 2.45) is 5.92 Å². The summed E-state index contributed by atoms with van der Waals surface area (Å²) in [6.07, 6.45) is 0.472. The van der Waals surface area contributed by atoms with Gasteiger partial charge in [0.05, 0.1) is 12.6 Å². The van der Waals surface area contributed by atoms with Gasteiger partial charge in [-0.05, 0) is 24.5 Å². The lowest BCUT2D eigenvalue weighted by atomic mass is 10.0. The van der Waals surface area contributed by atoms with E-state index in [9.17, 15) is 9.59 Å². The van der Waals surface area contributed by atoms with Crippen LogP contribution in [0, 0.1) is 5.92 Å². The van der Waals surface area contributed by atoms with Gasteiger partial charge in [0.2, 0.25) is 5.82 Å². The zero-order valence-corrected chi connectivity index (χ0v) is 12.7. The third kappa shape index (κ3) is 3.75. The first-order chi connectivity index (χ1) is 10.5. The molecule has 2 rings (SSSR count). The van der Waals surface area contributed by atoms with Crippen LogP contribution < -0.4 is 5.32 Å². The van der Waals surface area contributed by atoms with Gasteiger partial charge in [0, 0.05) is 0 Å². The van der Waals surface area contributed by atoms with Gasteiger partial charge in [-0.15, -0.1) is 10.2 Å². The number of benzene rings is 1. The molecule has 116 valence electrons. The van der Waals surface area contributed by atoms with E-state index in [1.54, 1.807) is 18.2 Å². The van der Waals surface area contributed by atoms with Gasteiger partial charge in [0.1, 0.15) is 11.6 Å². The van der Waals surface area contributed by atoms with Crippen LogP contribution in [0.3, 0.4) is 0 Å². The number of aromatic nitrogens is 3. The molecule has 7 heteroatoms. The SMILES string of the molecule is COC(=O)[C@H](CC(C)C)NC(=O)c1nnc2ccccc2n1. The summed E-state index contributed by atoms with van der Waals surface area (Å²) in [6.45, 7) is 3.91. The van der Waals surface area contributed by atoms with Gasteiger partial charge in [-0.2, -0.15) is 0 Å². The van der Waals surface area contributed by atoms with Crippen molar-refractivity contribution in [1.82, 2.24) is 20.5 Å². The van der Waals surface area contributed by atoms with Crippen LogP contribution in [0.15, 0.2) is 24.3 Å². The van der Waals surface area contributed by atoms with Crippen molar-refractivity contribution in [3.63, 3.8) is 0 Å². The number of nitrogens with zero attached hydrogens (tertiary/aromatic N) is 3. The number of hydrogen-bond acceptors (Lipinski definition) is 6. The van der Waals surface area contributed by atoms with Crippen molar-refractivity contribution in [3.8, 4) is 0 Å². The molecular weight excluding hydrogens is 284 g/mol. The fraction of sp³-hybridized carbons (Fsp3) is 0.400. The first-order valence-electron chi connectivity index (χ1n) is 6.99. The number of esters is 1. The summed E-state index contributed by atoms with van der Waals surface area (Å²) in [5.41, 5.74) is 1.17. The van der Waals surface area contributed by atoms with Gasteiger partial charge < -0.3 is 10.1 Å². The fourth-order valence-corrected chi connectivity index (χ4v) is 2.03. The highest BCUT2D eigenvalue weighted by Crippen LogP contribution is 2.09. The number of rotatable bonds is 5. The van der Waals surface area contributed by atoms with Crippen LogP contribution in [0.1, 0.15) is 30.9 Å². The van der Waals surface area contributed by atoms with Crippen molar-refractivity contribution >= 4 is 22.9 Å². The van der Waals surface area contributed by atoms with E-state index in [2.05, 4.69) is 20.5 Å². The second-order valence-corrected chi connectivity index (χ2v) is 5.30. The standard InChI is InChI=1S/C15H18N4O3/c1-9(2)8-12(15(21)22-3)17-14(20)13-16-10-6-4-5-7-11(10)18-19-13/h4-7,9,12H,8H2,1-3H3,(H,17,20)/t12-/m0/s1. The van der Waals surface area contributed by atoms with E-state index in [0.29, 0.717) is 17.5 Å². The predicted octanol–water partition coefficient (Wildman–Crippen LogP) is 1.34. The number of hydrogen-bond donors (Lipinski definition) is 1. The predicted molar refractivity (Wildman–Crippen MR) is 80.1 cm³/mol. The summed E-state index contributed by atoms with van der Waals surface area (Å²) < 4.78 is 4.71. The number of para-hydroxylation sites is 1. The Kier molecular flexibility index (Phi) is 4.98. The Morgan fingerprint density at radius 1 is 1.18 bits per heavy atom. The highest BCUT2D eigenvalue weighted by atomic mass is 16.5. The summed E-state index contributed by atoms with van der Waals surface area (Å²) in [4.78, 5) is 28.1. The van der Waals surface area contributed by atoms with Crippen LogP contribution in [-0.2, 0) is 9.53 Å². The van der Waals surface area contributed by atoms with Gasteiger partial charge >= 0.3 is 5.97 Å². The van der Waals surface area contributed by atoms with E-state index in [0.717, 1.165) is 0 Å². The molecule has 1 atom stereocenters. The van der Waals surface area contributed by atoms with Gasteiger partial charge in [-0.1, -0.05) is 26.0 Å². The Morgan fingerprint density at radius 3 is 2.50 bits per heavy atom. The number of fused-ring (bicyclic) bond motifs is 1. The minimum atomic E-state index is -0.729. The molecule has 7 nitrogen and oxygen atoms in total. The molecule has 1 aromatic heterocycles. The number of nitrogens with one attached hydrogen (secondary N) is 1. The summed E-state index contributed by atoms with van der Waals surface area (Å²) in [7, 11) is 1.29. The Balaban J connectivity index is 2.19. The van der Waals surface area contributed by atoms with Crippen LogP contribution in [0.25, 0.3) is 11.0 Å². The lowest BCUT2D eigenvalue weighted by molar-refractivity contribution is -0.143. The second kappa shape index (κ2) is 6.93. The molecule has 1 aromatic carbocycles. The van der Waals surface area contributed by atoms with Crippen LogP contribution in [0.4, 0.5) is 0 Å². The molecule has 1 N–H and O–H groups in total. The maximum absolute atomic E-state index is 12.2. The zero-order chi connectivity index (χ0) is 16.1. The monoisotopic (exact) mass is 302 g/mol. The molecule has 0 aliphatic heterocycles. The molecule has 0 radical (unpaired) electrons. The minimum absolute atomic E-state index is 0.0728. The van der Waals surface area contributed by atoms with Crippen LogP contribution >= 0.6 is 0 Å². The van der Waals surface area contributed by atoms with E-state index in [1.807, 2.05) is 19.9 Å². The molecule has 22 heavy (non-hydrogen) atoms. The van der Waals surface area contributed by atoms with E-state index in [-0.39, 0.29) is 11.7 Å². The zero-order valence-electron chi connectivity index (χ0n) is 12.7. The van der Waals surface area contributed by atoms with Gasteiger partial charge in [-0.25, -0.2) is 9.78 Å². The lowest BCUT2D eigenvalue weighted by Crippen LogP contribution is -2.43. The molecule has 1 amide bonds. The molecule has 0 aliphatic rings. The topological polar surface area (TPSA) is 94.1 Å². The van der Waals surface area contributed by atoms with Crippen molar-refractivity contribution in [2.75, 3.05) is 7.11 Å². The summed E-state index contributed by atoms with van der Waals surface area (Å²) >= 11 is 0. The number of carbonyl (C=O) groups is 2. The maximum atomic E-state index is 12.2. The van der Waals surface area contributed by atoms with E-state index >= 15 is 0 Å². The van der Waals surface area contributed by atoms with Crippen LogP contribution in [0.2, 0.25) is 0 Å². The Bertz CT molecular complexity index is 687. The first-order valence-corrected chi connectivity index (χ1v) is 6.99. The third-order valence-electron chi connectivity index (χ3n) is 3.06. The molecule has 0 aliphatic carbocycles. The normalized spacial score (nSPS) is 12.2. The van der Waals surface area contributed by atoms with E-state index in [1.165, 1.54) is 7.11 Å². The Labute approximate surface area is 128 Å². The first kappa shape index (κ1) is 15.8. The summed E-state index contributed by atoms with van der Waals surface area (Å²) in [5, 5.41) is 10.3. The quantitative estimate of drug-likeness (QED) is 0.838. The maximum Gasteiger partial charge on any atom is 0.328 e. The van der Waals surface area contributed by atoms with Crippen LogP contribution in [-0.4, -0.2) is 40.2 Å². The van der Waals surface area contributed by atoms with Crippen molar-refractivity contribution < 1.29 is 14.3 Å². The fourth-order valence-electron chi connectivity index (χ4n) is 2.03. The number of amides is 1. The molecule has 0 saturated carbocycles. The van der Waals surface area contributed by atoms with Crippen LogP contribution in [0.5, 0.6) is 0 Å². The van der Waals surface area contributed by atoms with E-state index < -0.39 is 17.9 Å². The molecule has 0 unspecified atom stereocenters. The third-order valence-corrected chi connectivity index (χ3v) is 3.06.